The summed E-state index contributed by atoms with van der Waals surface area (Å²) in [6.07, 6.45) is 3.59. The van der Waals surface area contributed by atoms with Gasteiger partial charge in [0, 0.05) is 26.3 Å². The molecule has 1 unspecified atom stereocenters. The minimum atomic E-state index is -0.486. The molecule has 1 aromatic carbocycles. The Labute approximate surface area is 112 Å². The van der Waals surface area contributed by atoms with Gasteiger partial charge < -0.3 is 15.4 Å². The van der Waals surface area contributed by atoms with Crippen LogP contribution < -0.4 is 10.6 Å². The van der Waals surface area contributed by atoms with E-state index in [1.807, 2.05) is 11.9 Å². The van der Waals surface area contributed by atoms with Crippen LogP contribution in [-0.2, 0) is 4.74 Å². The van der Waals surface area contributed by atoms with Gasteiger partial charge in [0.25, 0.3) is 0 Å². The van der Waals surface area contributed by atoms with Gasteiger partial charge in [0.1, 0.15) is 5.82 Å². The molecule has 5 heteroatoms. The minimum absolute atomic E-state index is 0.0932. The third-order valence-corrected chi connectivity index (χ3v) is 3.52. The molecule has 1 aliphatic rings. The normalized spacial score (nSPS) is 19.8. The van der Waals surface area contributed by atoms with E-state index in [1.54, 1.807) is 6.07 Å². The minimum Gasteiger partial charge on any atom is -0.397 e. The van der Waals surface area contributed by atoms with Gasteiger partial charge in [-0.3, -0.25) is 0 Å². The molecular formula is C13H18ClFN2O. The molecule has 0 bridgehead atoms. The van der Waals surface area contributed by atoms with Gasteiger partial charge in [0.2, 0.25) is 0 Å². The number of hydrogen-bond acceptors (Lipinski definition) is 3. The summed E-state index contributed by atoms with van der Waals surface area (Å²) in [5.74, 6) is -0.486. The lowest BCUT2D eigenvalue weighted by Crippen LogP contribution is -2.33. The number of nitrogens with zero attached hydrogens (tertiary/aromatic N) is 1. The van der Waals surface area contributed by atoms with Crippen LogP contribution in [0.15, 0.2) is 12.1 Å². The van der Waals surface area contributed by atoms with E-state index in [4.69, 9.17) is 22.1 Å². The smallest absolute Gasteiger partial charge is 0.143 e. The maximum atomic E-state index is 13.2. The average Bonchev–Trinajstić information content (AvgIpc) is 2.35. The van der Waals surface area contributed by atoms with Crippen molar-refractivity contribution in [2.75, 3.05) is 30.8 Å². The first-order valence-electron chi connectivity index (χ1n) is 6.15. The number of hydrogen-bond donors (Lipinski definition) is 1. The van der Waals surface area contributed by atoms with E-state index < -0.39 is 5.82 Å². The van der Waals surface area contributed by atoms with E-state index in [9.17, 15) is 4.39 Å². The lowest BCUT2D eigenvalue weighted by molar-refractivity contribution is 0.0216. The molecule has 1 aliphatic heterocycles. The number of nitrogen functional groups attached to an aromatic ring is 1. The number of nitrogens with two attached hydrogens (primary N) is 1. The van der Waals surface area contributed by atoms with Crippen molar-refractivity contribution in [3.05, 3.63) is 23.0 Å². The Hall–Kier alpha value is -1.00. The van der Waals surface area contributed by atoms with Crippen LogP contribution in [0.5, 0.6) is 0 Å². The highest BCUT2D eigenvalue weighted by Crippen LogP contribution is 2.29. The predicted octanol–water partition coefficient (Wildman–Crippen LogP) is 3.07. The van der Waals surface area contributed by atoms with E-state index >= 15 is 0 Å². The zero-order chi connectivity index (χ0) is 13.1. The molecule has 1 aromatic rings. The van der Waals surface area contributed by atoms with Crippen molar-refractivity contribution in [2.45, 2.75) is 25.4 Å². The van der Waals surface area contributed by atoms with Gasteiger partial charge in [0.05, 0.1) is 22.5 Å². The van der Waals surface area contributed by atoms with Crippen molar-refractivity contribution in [1.82, 2.24) is 0 Å². The van der Waals surface area contributed by atoms with Gasteiger partial charge >= 0.3 is 0 Å². The maximum Gasteiger partial charge on any atom is 0.143 e. The highest BCUT2D eigenvalue weighted by Gasteiger charge is 2.18. The van der Waals surface area contributed by atoms with Crippen LogP contribution >= 0.6 is 11.6 Å². The van der Waals surface area contributed by atoms with Crippen LogP contribution in [0.3, 0.4) is 0 Å². The molecule has 0 aliphatic carbocycles. The average molecular weight is 273 g/mol. The quantitative estimate of drug-likeness (QED) is 0.860. The van der Waals surface area contributed by atoms with E-state index in [0.717, 1.165) is 31.7 Å². The summed E-state index contributed by atoms with van der Waals surface area (Å²) >= 11 is 5.78. The Morgan fingerprint density at radius 1 is 1.50 bits per heavy atom. The first-order valence-corrected chi connectivity index (χ1v) is 6.53. The molecule has 0 amide bonds. The van der Waals surface area contributed by atoms with Crippen molar-refractivity contribution in [1.29, 1.82) is 0 Å². The summed E-state index contributed by atoms with van der Waals surface area (Å²) in [6, 6.07) is 2.82. The number of ether oxygens (including phenoxy) is 1. The second-order valence-electron chi connectivity index (χ2n) is 4.69. The second-order valence-corrected chi connectivity index (χ2v) is 5.10. The lowest BCUT2D eigenvalue weighted by Gasteiger charge is -2.29. The van der Waals surface area contributed by atoms with Crippen LogP contribution in [0.4, 0.5) is 15.8 Å². The van der Waals surface area contributed by atoms with E-state index in [-0.39, 0.29) is 11.1 Å². The second kappa shape index (κ2) is 5.76. The zero-order valence-electron chi connectivity index (χ0n) is 10.5. The van der Waals surface area contributed by atoms with Crippen molar-refractivity contribution >= 4 is 23.0 Å². The molecular weight excluding hydrogens is 255 g/mol. The molecule has 2 rings (SSSR count). The lowest BCUT2D eigenvalue weighted by atomic mass is 10.1. The van der Waals surface area contributed by atoms with Crippen LogP contribution in [0, 0.1) is 5.82 Å². The summed E-state index contributed by atoms with van der Waals surface area (Å²) in [6.45, 7) is 1.56. The summed E-state index contributed by atoms with van der Waals surface area (Å²) in [5, 5.41) is 0.0932. The number of anilines is 2. The molecule has 1 saturated heterocycles. The van der Waals surface area contributed by atoms with Gasteiger partial charge in [-0.2, -0.15) is 0 Å². The van der Waals surface area contributed by atoms with Crippen LogP contribution in [0.2, 0.25) is 5.02 Å². The highest BCUT2D eigenvalue weighted by molar-refractivity contribution is 6.31. The summed E-state index contributed by atoms with van der Waals surface area (Å²) in [7, 11) is 1.91. The number of halogens is 2. The SMILES string of the molecule is CN(CC1CCCCO1)c1cc(Cl)c(F)cc1N. The molecule has 1 fully saturated rings. The first-order chi connectivity index (χ1) is 8.58. The molecule has 100 valence electrons. The largest absolute Gasteiger partial charge is 0.397 e. The van der Waals surface area contributed by atoms with Gasteiger partial charge in [-0.25, -0.2) is 4.39 Å². The Bertz CT molecular complexity index is 422. The standard InChI is InChI=1S/C13H18ClFN2O/c1-17(8-9-4-2-3-5-18-9)13-6-10(14)11(15)7-12(13)16/h6-7,9H,2-5,8,16H2,1H3. The summed E-state index contributed by atoms with van der Waals surface area (Å²) in [4.78, 5) is 1.97. The molecule has 2 N–H and O–H groups in total. The van der Waals surface area contributed by atoms with Gasteiger partial charge in [-0.1, -0.05) is 11.6 Å². The van der Waals surface area contributed by atoms with Crippen molar-refractivity contribution in [3.63, 3.8) is 0 Å². The molecule has 18 heavy (non-hydrogen) atoms. The van der Waals surface area contributed by atoms with E-state index in [2.05, 4.69) is 0 Å². The summed E-state index contributed by atoms with van der Waals surface area (Å²) < 4.78 is 18.9. The highest BCUT2D eigenvalue weighted by atomic mass is 35.5. The zero-order valence-corrected chi connectivity index (χ0v) is 11.2. The van der Waals surface area contributed by atoms with Gasteiger partial charge in [-0.15, -0.1) is 0 Å². The fraction of sp³-hybridized carbons (Fsp3) is 0.538. The monoisotopic (exact) mass is 272 g/mol. The summed E-state index contributed by atoms with van der Waals surface area (Å²) in [5.41, 5.74) is 6.96. The topological polar surface area (TPSA) is 38.5 Å². The van der Waals surface area contributed by atoms with Gasteiger partial charge in [0.15, 0.2) is 0 Å². The Morgan fingerprint density at radius 3 is 2.94 bits per heavy atom. The Morgan fingerprint density at radius 2 is 2.28 bits per heavy atom. The first kappa shape index (κ1) is 13.4. The molecule has 1 atom stereocenters. The fourth-order valence-corrected chi connectivity index (χ4v) is 2.40. The van der Waals surface area contributed by atoms with Crippen molar-refractivity contribution in [3.8, 4) is 0 Å². The van der Waals surface area contributed by atoms with E-state index in [1.165, 1.54) is 12.5 Å². The molecule has 0 saturated carbocycles. The maximum absolute atomic E-state index is 13.2. The number of rotatable bonds is 3. The Balaban J connectivity index is 2.08. The fourth-order valence-electron chi connectivity index (χ4n) is 2.24. The van der Waals surface area contributed by atoms with Crippen molar-refractivity contribution < 1.29 is 9.13 Å². The van der Waals surface area contributed by atoms with Crippen LogP contribution in [0.1, 0.15) is 19.3 Å². The number of likely N-dealkylation sites (N-methyl/N-ethyl adjacent to an activating group) is 1. The molecule has 0 radical (unpaired) electrons. The van der Waals surface area contributed by atoms with Gasteiger partial charge in [-0.05, 0) is 25.3 Å². The third-order valence-electron chi connectivity index (χ3n) is 3.23. The molecule has 1 heterocycles. The van der Waals surface area contributed by atoms with Crippen LogP contribution in [0.25, 0.3) is 0 Å². The number of benzene rings is 1. The van der Waals surface area contributed by atoms with E-state index in [0.29, 0.717) is 5.69 Å². The molecule has 3 nitrogen and oxygen atoms in total. The Kier molecular flexibility index (Phi) is 4.30. The van der Waals surface area contributed by atoms with Crippen LogP contribution in [-0.4, -0.2) is 26.3 Å². The molecule has 0 spiro atoms. The third kappa shape index (κ3) is 3.06. The van der Waals surface area contributed by atoms with Crippen molar-refractivity contribution in [2.24, 2.45) is 0 Å². The predicted molar refractivity (Wildman–Crippen MR) is 72.7 cm³/mol. The molecule has 0 aromatic heterocycles.